The first-order chi connectivity index (χ1) is 14.0. The van der Waals surface area contributed by atoms with Crippen LogP contribution in [0.5, 0.6) is 0 Å². The molecule has 0 aromatic carbocycles. The molecule has 0 aliphatic carbocycles. The molecular formula is C29H66BP. The molecule has 0 amide bonds. The third-order valence-electron chi connectivity index (χ3n) is 8.71. The van der Waals surface area contributed by atoms with Gasteiger partial charge in [-0.25, -0.2) is 0 Å². The van der Waals surface area contributed by atoms with Gasteiger partial charge in [-0.05, 0) is 62.3 Å². The molecule has 0 spiro atoms. The fraction of sp³-hybridized carbons (Fsp3) is 1.00. The number of unbranched alkanes of at least 4 members (excludes halogenated alkanes) is 4. The molecule has 2 heteroatoms. The van der Waals surface area contributed by atoms with Crippen LogP contribution in [0.2, 0.25) is 25.3 Å². The molecule has 0 aromatic heterocycles. The van der Waals surface area contributed by atoms with E-state index < -0.39 is 7.26 Å². The van der Waals surface area contributed by atoms with Gasteiger partial charge < -0.3 is 0 Å². The fourth-order valence-electron chi connectivity index (χ4n) is 6.43. The molecule has 0 bridgehead atoms. The summed E-state index contributed by atoms with van der Waals surface area (Å²) in [6, 6.07) is 0. The maximum absolute atomic E-state index is 2.55. The summed E-state index contributed by atoms with van der Waals surface area (Å²) in [5.41, 5.74) is 0. The van der Waals surface area contributed by atoms with Gasteiger partial charge in [0.15, 0.2) is 0 Å². The molecular weight excluding hydrogens is 390 g/mol. The van der Waals surface area contributed by atoms with Gasteiger partial charge in [-0.2, -0.15) is 25.3 Å². The monoisotopic (exact) mass is 456 g/mol. The van der Waals surface area contributed by atoms with Gasteiger partial charge in [-0.3, -0.25) is 0 Å². The summed E-state index contributed by atoms with van der Waals surface area (Å²) >= 11 is 0. The lowest BCUT2D eigenvalue weighted by Gasteiger charge is -2.52. The van der Waals surface area contributed by atoms with Crippen molar-refractivity contribution in [2.24, 2.45) is 0 Å². The van der Waals surface area contributed by atoms with Crippen LogP contribution in [0.4, 0.5) is 0 Å². The van der Waals surface area contributed by atoms with Crippen molar-refractivity contribution in [3.8, 4) is 0 Å². The summed E-state index contributed by atoms with van der Waals surface area (Å²) in [7, 11) is -1.02. The lowest BCUT2D eigenvalue weighted by molar-refractivity contribution is 0.624. The summed E-state index contributed by atoms with van der Waals surface area (Å²) in [5, 5.41) is 1.30. The van der Waals surface area contributed by atoms with E-state index in [9.17, 15) is 0 Å². The van der Waals surface area contributed by atoms with Crippen LogP contribution in [0.25, 0.3) is 0 Å². The zero-order chi connectivity index (χ0) is 25.0. The minimum atomic E-state index is -1.02. The summed E-state index contributed by atoms with van der Waals surface area (Å²) in [4.78, 5) is 0. The number of hydrogen-bond donors (Lipinski definition) is 0. The summed E-state index contributed by atoms with van der Waals surface area (Å²) < 4.78 is 0. The van der Waals surface area contributed by atoms with Gasteiger partial charge >= 0.3 is 0 Å². The largest absolute Gasteiger partial charge is 0.178 e. The van der Waals surface area contributed by atoms with Gasteiger partial charge in [0.2, 0.25) is 0 Å². The molecule has 0 aliphatic heterocycles. The Labute approximate surface area is 202 Å². The van der Waals surface area contributed by atoms with Crippen LogP contribution in [0.3, 0.4) is 0 Å². The van der Waals surface area contributed by atoms with Gasteiger partial charge in [0, 0.05) is 13.4 Å². The Balaban J connectivity index is 0. The quantitative estimate of drug-likeness (QED) is 0.202. The van der Waals surface area contributed by atoms with E-state index in [2.05, 4.69) is 96.7 Å². The average Bonchev–Trinajstić information content (AvgIpc) is 2.64. The molecule has 0 nitrogen and oxygen atoms in total. The van der Waals surface area contributed by atoms with E-state index in [1.807, 2.05) is 0 Å². The molecule has 0 atom stereocenters. The summed E-state index contributed by atoms with van der Waals surface area (Å²) in [6.45, 7) is 33.7. The third-order valence-corrected chi connectivity index (χ3v) is 16.8. The van der Waals surface area contributed by atoms with Gasteiger partial charge in [-0.1, -0.05) is 79.1 Å². The molecule has 0 unspecified atom stereocenters. The normalized spacial score (nSPS) is 13.7. The molecule has 190 valence electrons. The van der Waals surface area contributed by atoms with Crippen LogP contribution < -0.4 is 0 Å². The SMILES string of the molecule is CC(C)(C)[P+](C)(C(C)(C)C)C(C)(C)C.CCCC[B-](CCCC)(CCCC)CCCC. The minimum Gasteiger partial charge on any atom is -0.178 e. The van der Waals surface area contributed by atoms with E-state index in [0.29, 0.717) is 15.5 Å². The van der Waals surface area contributed by atoms with E-state index >= 15 is 0 Å². The van der Waals surface area contributed by atoms with Crippen molar-refractivity contribution >= 4 is 13.4 Å². The van der Waals surface area contributed by atoms with Gasteiger partial charge in [-0.15, -0.1) is 0 Å². The molecule has 0 radical (unpaired) electrons. The Kier molecular flexibility index (Phi) is 16.0. The summed E-state index contributed by atoms with van der Waals surface area (Å²) in [6.07, 6.45) is 17.6. The Morgan fingerprint density at radius 2 is 0.645 bits per heavy atom. The Morgan fingerprint density at radius 3 is 0.742 bits per heavy atom. The first-order valence-electron chi connectivity index (χ1n) is 14.1. The smallest absolute Gasteiger partial charge is 0.0723 e. The third kappa shape index (κ3) is 11.0. The van der Waals surface area contributed by atoms with Crippen LogP contribution in [0.1, 0.15) is 141 Å². The maximum Gasteiger partial charge on any atom is 0.0723 e. The van der Waals surface area contributed by atoms with Crippen LogP contribution in [0.15, 0.2) is 0 Å². The van der Waals surface area contributed by atoms with Crippen molar-refractivity contribution in [2.75, 3.05) is 6.66 Å². The zero-order valence-electron chi connectivity index (χ0n) is 25.0. The number of rotatable bonds is 12. The van der Waals surface area contributed by atoms with E-state index in [-0.39, 0.29) is 6.15 Å². The fourth-order valence-corrected chi connectivity index (χ4v) is 12.5. The van der Waals surface area contributed by atoms with Gasteiger partial charge in [0.1, 0.15) is 0 Å². The van der Waals surface area contributed by atoms with E-state index in [0.717, 1.165) is 0 Å². The highest BCUT2D eigenvalue weighted by molar-refractivity contribution is 7.79. The highest BCUT2D eigenvalue weighted by Gasteiger charge is 2.60. The molecule has 31 heavy (non-hydrogen) atoms. The molecule has 0 fully saturated rings. The molecule has 0 rings (SSSR count). The van der Waals surface area contributed by atoms with Gasteiger partial charge in [0.05, 0.1) is 22.1 Å². The Hall–Kier alpha value is 0.495. The lowest BCUT2D eigenvalue weighted by atomic mass is 9.17. The predicted octanol–water partition coefficient (Wildman–Crippen LogP) is 11.7. The first kappa shape index (κ1) is 33.7. The lowest BCUT2D eigenvalue weighted by Crippen LogP contribution is -2.43. The van der Waals surface area contributed by atoms with Crippen molar-refractivity contribution in [2.45, 2.75) is 182 Å². The van der Waals surface area contributed by atoms with Crippen molar-refractivity contribution < 1.29 is 0 Å². The van der Waals surface area contributed by atoms with Crippen LogP contribution in [-0.4, -0.2) is 28.3 Å². The Bertz CT molecular complexity index is 360. The van der Waals surface area contributed by atoms with Crippen molar-refractivity contribution in [3.05, 3.63) is 0 Å². The molecule has 0 aliphatic rings. The second-order valence-electron chi connectivity index (χ2n) is 13.8. The first-order valence-corrected chi connectivity index (χ1v) is 16.3. The highest BCUT2D eigenvalue weighted by atomic mass is 31.2. The zero-order valence-corrected chi connectivity index (χ0v) is 25.9. The van der Waals surface area contributed by atoms with E-state index in [1.165, 1.54) is 51.4 Å². The molecule has 0 aromatic rings. The summed E-state index contributed by atoms with van der Waals surface area (Å²) in [5.74, 6) is 0. The van der Waals surface area contributed by atoms with E-state index in [1.54, 1.807) is 25.3 Å². The second-order valence-corrected chi connectivity index (χ2v) is 19.9. The van der Waals surface area contributed by atoms with Crippen LogP contribution in [0, 0.1) is 0 Å². The van der Waals surface area contributed by atoms with Crippen molar-refractivity contribution in [3.63, 3.8) is 0 Å². The minimum absolute atomic E-state index is 0.00722. The topological polar surface area (TPSA) is 0 Å². The highest BCUT2D eigenvalue weighted by Crippen LogP contribution is 2.80. The predicted molar refractivity (Wildman–Crippen MR) is 157 cm³/mol. The number of hydrogen-bond acceptors (Lipinski definition) is 0. The Morgan fingerprint density at radius 1 is 0.452 bits per heavy atom. The van der Waals surface area contributed by atoms with Crippen LogP contribution >= 0.6 is 7.26 Å². The average molecular weight is 457 g/mol. The van der Waals surface area contributed by atoms with Gasteiger partial charge in [0.25, 0.3) is 0 Å². The maximum atomic E-state index is 2.55. The molecule has 0 heterocycles. The molecule has 0 saturated carbocycles. The van der Waals surface area contributed by atoms with Crippen molar-refractivity contribution in [1.82, 2.24) is 0 Å². The van der Waals surface area contributed by atoms with E-state index in [4.69, 9.17) is 0 Å². The van der Waals surface area contributed by atoms with Crippen molar-refractivity contribution in [1.29, 1.82) is 0 Å². The van der Waals surface area contributed by atoms with Crippen LogP contribution in [-0.2, 0) is 0 Å². The standard InChI is InChI=1S/C16H36B.C13H30P/c1-5-9-13-17(14-10-6-2,15-11-7-3)16-12-8-4;1-11(2,3)14(10,12(4,5)6)13(7,8)9/h5-16H2,1-4H3;1-10H3/q-1;+1. The second kappa shape index (κ2) is 14.7. The molecule has 0 N–H and O–H groups in total. The molecule has 0 saturated heterocycles.